The summed E-state index contributed by atoms with van der Waals surface area (Å²) >= 11 is 0. The summed E-state index contributed by atoms with van der Waals surface area (Å²) in [6, 6.07) is 37.8. The van der Waals surface area contributed by atoms with Crippen LogP contribution in [0, 0.1) is 34.5 Å². The van der Waals surface area contributed by atoms with Gasteiger partial charge in [-0.3, -0.25) is 0 Å². The fraction of sp³-hybridized carbons (Fsp3) is 0.200. The number of benzene rings is 4. The third-order valence-electron chi connectivity index (χ3n) is 11.5. The highest BCUT2D eigenvalue weighted by atomic mass is 15.2. The van der Waals surface area contributed by atoms with Gasteiger partial charge in [-0.05, 0) is 96.7 Å². The van der Waals surface area contributed by atoms with E-state index in [1.54, 1.807) is 0 Å². The largest absolute Gasteiger partial charge is 0.337 e. The number of nitrogens with zero attached hydrogens (tertiary/aromatic N) is 4. The summed E-state index contributed by atoms with van der Waals surface area (Å²) in [5, 5.41) is 21.5. The van der Waals surface area contributed by atoms with Crippen molar-refractivity contribution < 1.29 is 0 Å². The maximum atomic E-state index is 10.2. The van der Waals surface area contributed by atoms with Crippen molar-refractivity contribution in [3.05, 3.63) is 148 Å². The molecular weight excluding hydrogens is 597 g/mol. The summed E-state index contributed by atoms with van der Waals surface area (Å²) in [5.41, 5.74) is 16.8. The molecule has 1 aromatic heterocycles. The number of hydrogen-bond donors (Lipinski definition) is 0. The van der Waals surface area contributed by atoms with Gasteiger partial charge in [-0.2, -0.15) is 10.5 Å². The van der Waals surface area contributed by atoms with Crippen LogP contribution in [0.1, 0.15) is 48.9 Å². The third-order valence-corrected chi connectivity index (χ3v) is 11.5. The number of nitriles is 2. The summed E-state index contributed by atoms with van der Waals surface area (Å²) in [5.74, 6) is 0.384. The molecule has 4 aliphatic carbocycles. The van der Waals surface area contributed by atoms with E-state index in [2.05, 4.69) is 119 Å². The molecule has 0 N–H and O–H groups in total. The zero-order valence-electron chi connectivity index (χ0n) is 27.2. The summed E-state index contributed by atoms with van der Waals surface area (Å²) in [6.07, 6.45) is 15.5. The summed E-state index contributed by atoms with van der Waals surface area (Å²) in [6.45, 7) is 0. The van der Waals surface area contributed by atoms with Crippen molar-refractivity contribution in [1.82, 2.24) is 4.57 Å². The van der Waals surface area contributed by atoms with Crippen LogP contribution in [0.2, 0.25) is 0 Å². The van der Waals surface area contributed by atoms with Crippen molar-refractivity contribution >= 4 is 22.7 Å². The minimum absolute atomic E-state index is 0.00197. The molecule has 0 amide bonds. The molecule has 234 valence electrons. The molecule has 1 aliphatic heterocycles. The van der Waals surface area contributed by atoms with Crippen molar-refractivity contribution in [3.63, 3.8) is 0 Å². The van der Waals surface area contributed by atoms with Crippen LogP contribution < -0.4 is 4.90 Å². The Morgan fingerprint density at radius 1 is 0.735 bits per heavy atom. The minimum atomic E-state index is -0.00197. The first-order chi connectivity index (χ1) is 24.2. The van der Waals surface area contributed by atoms with Gasteiger partial charge in [0.05, 0.1) is 40.9 Å². The van der Waals surface area contributed by atoms with Crippen LogP contribution in [0.15, 0.2) is 132 Å². The average Bonchev–Trinajstić information content (AvgIpc) is 3.64. The maximum Gasteiger partial charge on any atom is 0.0998 e. The second-order valence-electron chi connectivity index (χ2n) is 13.9. The van der Waals surface area contributed by atoms with Crippen molar-refractivity contribution in [2.45, 2.75) is 44.6 Å². The van der Waals surface area contributed by atoms with E-state index in [-0.39, 0.29) is 12.0 Å². The Labute approximate surface area is 286 Å². The molecule has 4 nitrogen and oxygen atoms in total. The van der Waals surface area contributed by atoms with Gasteiger partial charge in [0.2, 0.25) is 0 Å². The van der Waals surface area contributed by atoms with E-state index >= 15 is 0 Å². The first-order valence-electron chi connectivity index (χ1n) is 17.6. The molecule has 0 fully saturated rings. The van der Waals surface area contributed by atoms with Gasteiger partial charge in [-0.1, -0.05) is 85.0 Å². The quantitative estimate of drug-likeness (QED) is 0.186. The lowest BCUT2D eigenvalue weighted by Crippen LogP contribution is -2.34. The summed E-state index contributed by atoms with van der Waals surface area (Å²) in [4.78, 5) is 2.59. The SMILES string of the molecule is N#Cc1ccccc1-c1ccc(-c2cccc(-n3c4c(c5ccccc53)C=CCC4)c2)cc1N1C2=C(C3=C(CC2)[C@H]3C#N)C2CCC=CC21. The lowest BCUT2D eigenvalue weighted by molar-refractivity contribution is 0.515. The number of aromatic nitrogens is 1. The Hall–Kier alpha value is -5.84. The van der Waals surface area contributed by atoms with Crippen LogP contribution >= 0.6 is 0 Å². The molecule has 10 rings (SSSR count). The fourth-order valence-electron chi connectivity index (χ4n) is 9.35. The monoisotopic (exact) mass is 630 g/mol. The van der Waals surface area contributed by atoms with E-state index in [0.29, 0.717) is 11.5 Å². The third kappa shape index (κ3) is 4.14. The molecule has 0 bridgehead atoms. The van der Waals surface area contributed by atoms with E-state index < -0.39 is 0 Å². The smallest absolute Gasteiger partial charge is 0.0998 e. The summed E-state index contributed by atoms with van der Waals surface area (Å²) < 4.78 is 2.46. The zero-order chi connectivity index (χ0) is 32.6. The molecule has 2 heterocycles. The second-order valence-corrected chi connectivity index (χ2v) is 13.9. The second kappa shape index (κ2) is 10.8. The van der Waals surface area contributed by atoms with E-state index in [0.717, 1.165) is 60.9 Å². The normalized spacial score (nSPS) is 21.6. The van der Waals surface area contributed by atoms with Crippen LogP contribution in [0.25, 0.3) is 44.9 Å². The highest BCUT2D eigenvalue weighted by Gasteiger charge is 2.52. The standard InChI is InChI=1S/C45H34N4/c46-26-30-10-1-2-13-32(30)35-21-20-29(25-43(35)49-41-19-8-5-16-37(41)45-42(49)23-22-36-38(27-47)44(36)45)28-11-9-12-31(24-28)48-39-17-6-3-14-33(39)34-15-4-7-18-40(34)48/h1-4,6,8-15,17,19-21,24-25,37-38,41H,5,7,16,18,22-23H2/t37?,38-,41?/m1/s1. The van der Waals surface area contributed by atoms with Crippen molar-refractivity contribution in [2.75, 3.05) is 4.90 Å². The van der Waals surface area contributed by atoms with Gasteiger partial charge in [0.1, 0.15) is 0 Å². The molecule has 5 aromatic rings. The molecule has 0 saturated heterocycles. The Morgan fingerprint density at radius 3 is 2.53 bits per heavy atom. The number of allylic oxidation sites excluding steroid dienone is 5. The van der Waals surface area contributed by atoms with E-state index in [1.165, 1.54) is 55.8 Å². The predicted octanol–water partition coefficient (Wildman–Crippen LogP) is 10.4. The molecule has 0 radical (unpaired) electrons. The van der Waals surface area contributed by atoms with Gasteiger partial charge in [0.25, 0.3) is 0 Å². The van der Waals surface area contributed by atoms with Crippen molar-refractivity contribution in [2.24, 2.45) is 11.8 Å². The highest BCUT2D eigenvalue weighted by Crippen LogP contribution is 2.60. The number of hydrogen-bond acceptors (Lipinski definition) is 3. The van der Waals surface area contributed by atoms with E-state index in [4.69, 9.17) is 0 Å². The maximum absolute atomic E-state index is 10.2. The molecule has 4 heteroatoms. The Bertz CT molecular complexity index is 2450. The Balaban J connectivity index is 1.16. The van der Waals surface area contributed by atoms with Crippen LogP contribution in [0.3, 0.4) is 0 Å². The van der Waals surface area contributed by atoms with Gasteiger partial charge in [-0.25, -0.2) is 0 Å². The first kappa shape index (κ1) is 28.2. The van der Waals surface area contributed by atoms with Gasteiger partial charge < -0.3 is 9.47 Å². The van der Waals surface area contributed by atoms with Gasteiger partial charge >= 0.3 is 0 Å². The van der Waals surface area contributed by atoms with Gasteiger partial charge in [-0.15, -0.1) is 0 Å². The fourth-order valence-corrected chi connectivity index (χ4v) is 9.35. The minimum Gasteiger partial charge on any atom is -0.337 e. The van der Waals surface area contributed by atoms with Crippen LogP contribution in [-0.2, 0) is 6.42 Å². The first-order valence-corrected chi connectivity index (χ1v) is 17.6. The van der Waals surface area contributed by atoms with Crippen molar-refractivity contribution in [3.8, 4) is 40.1 Å². The van der Waals surface area contributed by atoms with E-state index in [9.17, 15) is 10.5 Å². The lowest BCUT2D eigenvalue weighted by atomic mass is 9.83. The molecular formula is C45H34N4. The van der Waals surface area contributed by atoms with E-state index in [1.807, 2.05) is 18.2 Å². The highest BCUT2D eigenvalue weighted by molar-refractivity contribution is 5.94. The molecule has 2 unspecified atom stereocenters. The molecule has 0 saturated carbocycles. The Morgan fingerprint density at radius 2 is 1.61 bits per heavy atom. The van der Waals surface area contributed by atoms with Crippen LogP contribution in [0.5, 0.6) is 0 Å². The molecule has 3 atom stereocenters. The molecule has 5 aliphatic rings. The van der Waals surface area contributed by atoms with Gasteiger partial charge in [0, 0.05) is 45.1 Å². The number of fused-ring (bicyclic) bond motifs is 6. The molecule has 4 aromatic carbocycles. The lowest BCUT2D eigenvalue weighted by Gasteiger charge is -2.34. The van der Waals surface area contributed by atoms with Crippen LogP contribution in [0.4, 0.5) is 5.69 Å². The van der Waals surface area contributed by atoms with Crippen molar-refractivity contribution in [1.29, 1.82) is 10.5 Å². The summed E-state index contributed by atoms with van der Waals surface area (Å²) in [7, 11) is 0. The van der Waals surface area contributed by atoms with Crippen LogP contribution in [-0.4, -0.2) is 10.6 Å². The number of anilines is 1. The zero-order valence-corrected chi connectivity index (χ0v) is 27.2. The number of para-hydroxylation sites is 1. The Kier molecular flexibility index (Phi) is 6.24. The number of rotatable bonds is 4. The molecule has 49 heavy (non-hydrogen) atoms. The van der Waals surface area contributed by atoms with Gasteiger partial charge in [0.15, 0.2) is 0 Å². The predicted molar refractivity (Wildman–Crippen MR) is 197 cm³/mol. The molecule has 0 spiro atoms. The average molecular weight is 631 g/mol. The topological polar surface area (TPSA) is 55.8 Å².